The fourth-order valence-corrected chi connectivity index (χ4v) is 1.84. The summed E-state index contributed by atoms with van der Waals surface area (Å²) in [6.07, 6.45) is -4.84. The average molecular weight is 325 g/mol. The Labute approximate surface area is 113 Å². The van der Waals surface area contributed by atoms with Crippen LogP contribution in [0.15, 0.2) is 28.7 Å². The molecule has 0 heterocycles. The first-order chi connectivity index (χ1) is 8.38. The molecule has 0 radical (unpaired) electrons. The lowest BCUT2D eigenvalue weighted by atomic mass is 10.3. The zero-order valence-electron chi connectivity index (χ0n) is 10.1. The number of para-hydroxylation sites is 1. The number of hydrogen-bond donors (Lipinski definition) is 1. The second kappa shape index (κ2) is 6.99. The summed E-state index contributed by atoms with van der Waals surface area (Å²) in [7, 11) is 1.69. The number of nitrogens with one attached hydrogen (secondary N) is 1. The molecule has 18 heavy (non-hydrogen) atoms. The Morgan fingerprint density at radius 3 is 2.50 bits per heavy atom. The first-order valence-electron chi connectivity index (χ1n) is 5.62. The molecule has 0 saturated carbocycles. The van der Waals surface area contributed by atoms with Crippen molar-refractivity contribution in [2.45, 2.75) is 12.6 Å². The van der Waals surface area contributed by atoms with E-state index < -0.39 is 12.6 Å². The molecule has 2 nitrogen and oxygen atoms in total. The quantitative estimate of drug-likeness (QED) is 0.857. The van der Waals surface area contributed by atoms with Crippen LogP contribution in [0.1, 0.15) is 6.42 Å². The van der Waals surface area contributed by atoms with Crippen molar-refractivity contribution in [3.8, 4) is 0 Å². The minimum absolute atomic E-state index is 0.0289. The number of halogens is 4. The summed E-state index contributed by atoms with van der Waals surface area (Å²) in [5.74, 6) is 0. The topological polar surface area (TPSA) is 15.3 Å². The monoisotopic (exact) mass is 324 g/mol. The fourth-order valence-electron chi connectivity index (χ4n) is 1.42. The molecule has 0 unspecified atom stereocenters. The molecule has 0 spiro atoms. The van der Waals surface area contributed by atoms with Gasteiger partial charge < -0.3 is 10.2 Å². The zero-order chi connectivity index (χ0) is 13.6. The average Bonchev–Trinajstić information content (AvgIpc) is 2.28. The van der Waals surface area contributed by atoms with Crippen molar-refractivity contribution in [3.05, 3.63) is 28.7 Å². The van der Waals surface area contributed by atoms with Crippen molar-refractivity contribution in [2.24, 2.45) is 0 Å². The maximum Gasteiger partial charge on any atom is 0.390 e. The van der Waals surface area contributed by atoms with Gasteiger partial charge in [-0.2, -0.15) is 13.2 Å². The van der Waals surface area contributed by atoms with Crippen LogP contribution in [-0.4, -0.2) is 37.8 Å². The molecule has 0 aromatic heterocycles. The van der Waals surface area contributed by atoms with Crippen molar-refractivity contribution in [1.82, 2.24) is 4.90 Å². The van der Waals surface area contributed by atoms with Gasteiger partial charge in [-0.3, -0.25) is 0 Å². The maximum absolute atomic E-state index is 12.0. The third kappa shape index (κ3) is 6.26. The van der Waals surface area contributed by atoms with Crippen molar-refractivity contribution < 1.29 is 13.2 Å². The van der Waals surface area contributed by atoms with E-state index in [0.29, 0.717) is 13.1 Å². The molecule has 0 bridgehead atoms. The molecule has 1 N–H and O–H groups in total. The summed E-state index contributed by atoms with van der Waals surface area (Å²) in [4.78, 5) is 1.66. The summed E-state index contributed by atoms with van der Waals surface area (Å²) in [6, 6.07) is 7.64. The molecule has 1 rings (SSSR count). The molecule has 0 aliphatic heterocycles. The van der Waals surface area contributed by atoms with Crippen LogP contribution in [0.3, 0.4) is 0 Å². The van der Waals surface area contributed by atoms with E-state index in [1.54, 1.807) is 11.9 Å². The van der Waals surface area contributed by atoms with Crippen LogP contribution >= 0.6 is 15.9 Å². The third-order valence-corrected chi connectivity index (χ3v) is 3.15. The predicted molar refractivity (Wildman–Crippen MR) is 70.8 cm³/mol. The van der Waals surface area contributed by atoms with E-state index in [2.05, 4.69) is 21.2 Å². The Morgan fingerprint density at radius 2 is 1.89 bits per heavy atom. The van der Waals surface area contributed by atoms with E-state index in [1.807, 2.05) is 24.3 Å². The van der Waals surface area contributed by atoms with E-state index in [4.69, 9.17) is 0 Å². The molecule has 1 aromatic rings. The van der Waals surface area contributed by atoms with Gasteiger partial charge >= 0.3 is 6.18 Å². The van der Waals surface area contributed by atoms with E-state index in [1.165, 1.54) is 0 Å². The van der Waals surface area contributed by atoms with Crippen LogP contribution in [0.2, 0.25) is 0 Å². The molecule has 0 fully saturated rings. The second-order valence-corrected chi connectivity index (χ2v) is 4.93. The summed E-state index contributed by atoms with van der Waals surface area (Å²) < 4.78 is 37.0. The van der Waals surface area contributed by atoms with Crippen LogP contribution in [0, 0.1) is 0 Å². The molecule has 0 aliphatic rings. The summed E-state index contributed by atoms with van der Waals surface area (Å²) in [5.41, 5.74) is 0.946. The highest BCUT2D eigenvalue weighted by atomic mass is 79.9. The highest BCUT2D eigenvalue weighted by Crippen LogP contribution is 2.21. The fraction of sp³-hybridized carbons (Fsp3) is 0.500. The van der Waals surface area contributed by atoms with Gasteiger partial charge in [0.05, 0.1) is 6.42 Å². The van der Waals surface area contributed by atoms with E-state index >= 15 is 0 Å². The molecular weight excluding hydrogens is 309 g/mol. The molecular formula is C12H16BrF3N2. The van der Waals surface area contributed by atoms with Gasteiger partial charge in [0.2, 0.25) is 0 Å². The van der Waals surface area contributed by atoms with Crippen molar-refractivity contribution in [2.75, 3.05) is 32.0 Å². The first kappa shape index (κ1) is 15.3. The Hall–Kier alpha value is -0.750. The summed E-state index contributed by atoms with van der Waals surface area (Å²) in [6.45, 7) is 1.20. The van der Waals surface area contributed by atoms with E-state index in [-0.39, 0.29) is 6.54 Å². The molecule has 0 amide bonds. The van der Waals surface area contributed by atoms with Crippen molar-refractivity contribution >= 4 is 21.6 Å². The number of alkyl halides is 3. The molecule has 0 atom stereocenters. The Kier molecular flexibility index (Phi) is 5.95. The highest BCUT2D eigenvalue weighted by Gasteiger charge is 2.26. The van der Waals surface area contributed by atoms with Gasteiger partial charge in [0.1, 0.15) is 0 Å². The van der Waals surface area contributed by atoms with Gasteiger partial charge in [-0.25, -0.2) is 0 Å². The number of rotatable bonds is 6. The number of nitrogens with zero attached hydrogens (tertiary/aromatic N) is 1. The second-order valence-electron chi connectivity index (χ2n) is 4.08. The van der Waals surface area contributed by atoms with Gasteiger partial charge in [-0.1, -0.05) is 12.1 Å². The zero-order valence-corrected chi connectivity index (χ0v) is 11.7. The molecule has 1 aromatic carbocycles. The number of hydrogen-bond acceptors (Lipinski definition) is 2. The van der Waals surface area contributed by atoms with Gasteiger partial charge in [0, 0.05) is 29.8 Å². The molecule has 102 valence electrons. The Morgan fingerprint density at radius 1 is 1.22 bits per heavy atom. The third-order valence-electron chi connectivity index (χ3n) is 2.46. The van der Waals surface area contributed by atoms with Crippen LogP contribution < -0.4 is 5.32 Å². The highest BCUT2D eigenvalue weighted by molar-refractivity contribution is 9.10. The van der Waals surface area contributed by atoms with Crippen LogP contribution in [-0.2, 0) is 0 Å². The standard InChI is InChI=1S/C12H16BrF3N2/c1-18(8-6-12(14,15)16)9-7-17-11-5-3-2-4-10(11)13/h2-5,17H,6-9H2,1H3. The van der Waals surface area contributed by atoms with E-state index in [0.717, 1.165) is 10.2 Å². The normalized spacial score (nSPS) is 11.9. The van der Waals surface area contributed by atoms with Crippen LogP contribution in [0.5, 0.6) is 0 Å². The largest absolute Gasteiger partial charge is 0.390 e. The summed E-state index contributed by atoms with van der Waals surface area (Å²) in [5, 5.41) is 3.17. The van der Waals surface area contributed by atoms with Gasteiger partial charge in [-0.05, 0) is 35.1 Å². The van der Waals surface area contributed by atoms with Gasteiger partial charge in [0.25, 0.3) is 0 Å². The lowest BCUT2D eigenvalue weighted by molar-refractivity contribution is -0.137. The van der Waals surface area contributed by atoms with Crippen LogP contribution in [0.4, 0.5) is 18.9 Å². The minimum atomic E-state index is -4.08. The smallest absolute Gasteiger partial charge is 0.383 e. The van der Waals surface area contributed by atoms with Gasteiger partial charge in [-0.15, -0.1) is 0 Å². The lowest BCUT2D eigenvalue weighted by Gasteiger charge is -2.18. The Bertz CT molecular complexity index is 369. The van der Waals surface area contributed by atoms with Gasteiger partial charge in [0.15, 0.2) is 0 Å². The summed E-state index contributed by atoms with van der Waals surface area (Å²) >= 11 is 3.40. The number of anilines is 1. The minimum Gasteiger partial charge on any atom is -0.383 e. The van der Waals surface area contributed by atoms with E-state index in [9.17, 15) is 13.2 Å². The molecule has 0 aliphatic carbocycles. The first-order valence-corrected chi connectivity index (χ1v) is 6.41. The lowest BCUT2D eigenvalue weighted by Crippen LogP contribution is -2.29. The van der Waals surface area contributed by atoms with Crippen molar-refractivity contribution in [3.63, 3.8) is 0 Å². The maximum atomic E-state index is 12.0. The number of benzene rings is 1. The molecule has 6 heteroatoms. The predicted octanol–water partition coefficient (Wildman–Crippen LogP) is 3.75. The molecule has 0 saturated heterocycles. The SMILES string of the molecule is CN(CCNc1ccccc1Br)CCC(F)(F)F. The Balaban J connectivity index is 2.24. The van der Waals surface area contributed by atoms with Crippen LogP contribution in [0.25, 0.3) is 0 Å². The van der Waals surface area contributed by atoms with Crippen molar-refractivity contribution in [1.29, 1.82) is 0 Å². The number of likely N-dealkylation sites (N-methyl/N-ethyl adjacent to an activating group) is 1.